The number of amides is 3. The topological polar surface area (TPSA) is 108 Å². The van der Waals surface area contributed by atoms with Crippen molar-refractivity contribution in [2.24, 2.45) is 5.92 Å². The fourth-order valence-electron chi connectivity index (χ4n) is 2.99. The first-order valence-electron chi connectivity index (χ1n) is 8.60. The maximum Gasteiger partial charge on any atom is 0.319 e. The van der Waals surface area contributed by atoms with E-state index in [-0.39, 0.29) is 23.9 Å². The van der Waals surface area contributed by atoms with Gasteiger partial charge in [0.2, 0.25) is 0 Å². The molecule has 0 spiro atoms. The number of urea groups is 1. The fourth-order valence-corrected chi connectivity index (χ4v) is 2.99. The van der Waals surface area contributed by atoms with Gasteiger partial charge in [0.25, 0.3) is 5.91 Å². The van der Waals surface area contributed by atoms with Crippen molar-refractivity contribution in [3.8, 4) is 0 Å². The van der Waals surface area contributed by atoms with Crippen molar-refractivity contribution in [2.45, 2.75) is 45.6 Å². The molecule has 0 atom stereocenters. The highest BCUT2D eigenvalue weighted by molar-refractivity contribution is 5.97. The van der Waals surface area contributed by atoms with Crippen LogP contribution in [0.2, 0.25) is 0 Å². The van der Waals surface area contributed by atoms with Crippen molar-refractivity contribution in [2.75, 3.05) is 11.9 Å². The Bertz CT molecular complexity index is 652. The highest BCUT2D eigenvalue weighted by Gasteiger charge is 2.26. The molecule has 0 radical (unpaired) electrons. The number of nitrogens with one attached hydrogen (secondary N) is 3. The second-order valence-corrected chi connectivity index (χ2v) is 6.37. The summed E-state index contributed by atoms with van der Waals surface area (Å²) in [7, 11) is 0. The summed E-state index contributed by atoms with van der Waals surface area (Å²) in [4.78, 5) is 35.1. The minimum atomic E-state index is -0.763. The molecule has 1 aromatic rings. The lowest BCUT2D eigenvalue weighted by Gasteiger charge is -2.27. The molecule has 7 heteroatoms. The standard InChI is InChI=1S/C18H25N3O4/c1-3-19-16(22)13-5-4-11(2)15(10-13)21-18(25)20-14-8-6-12(7-9-14)17(23)24/h4-5,10,12,14H,3,6-9H2,1-2H3,(H,19,22)(H,23,24)(H2,20,21,25). The molecular formula is C18H25N3O4. The van der Waals surface area contributed by atoms with Crippen molar-refractivity contribution >= 4 is 23.6 Å². The number of rotatable bonds is 5. The summed E-state index contributed by atoms with van der Waals surface area (Å²) >= 11 is 0. The number of anilines is 1. The average Bonchev–Trinajstić information content (AvgIpc) is 2.57. The first-order chi connectivity index (χ1) is 11.9. The van der Waals surface area contributed by atoms with Crippen LogP contribution in [-0.4, -0.2) is 35.6 Å². The van der Waals surface area contributed by atoms with Crippen molar-refractivity contribution < 1.29 is 19.5 Å². The Kier molecular flexibility index (Phi) is 6.38. The predicted molar refractivity (Wildman–Crippen MR) is 94.7 cm³/mol. The quantitative estimate of drug-likeness (QED) is 0.656. The summed E-state index contributed by atoms with van der Waals surface area (Å²) in [6, 6.07) is 4.80. The van der Waals surface area contributed by atoms with Gasteiger partial charge in [-0.1, -0.05) is 6.07 Å². The summed E-state index contributed by atoms with van der Waals surface area (Å²) in [5.41, 5.74) is 1.93. The molecule has 0 saturated heterocycles. The third-order valence-corrected chi connectivity index (χ3v) is 4.50. The highest BCUT2D eigenvalue weighted by Crippen LogP contribution is 2.24. The van der Waals surface area contributed by atoms with Gasteiger partial charge in [0.1, 0.15) is 0 Å². The number of hydrogen-bond acceptors (Lipinski definition) is 3. The summed E-state index contributed by atoms with van der Waals surface area (Å²) in [6.45, 7) is 4.24. The zero-order chi connectivity index (χ0) is 18.4. The Morgan fingerprint density at radius 1 is 1.16 bits per heavy atom. The molecule has 0 unspecified atom stereocenters. The van der Waals surface area contributed by atoms with E-state index in [0.29, 0.717) is 43.5 Å². The first kappa shape index (κ1) is 18.8. The number of aliphatic carboxylic acids is 1. The summed E-state index contributed by atoms with van der Waals surface area (Å²) in [6.07, 6.45) is 2.46. The highest BCUT2D eigenvalue weighted by atomic mass is 16.4. The van der Waals surface area contributed by atoms with E-state index in [2.05, 4.69) is 16.0 Å². The molecule has 7 nitrogen and oxygen atoms in total. The Labute approximate surface area is 147 Å². The number of aryl methyl sites for hydroxylation is 1. The van der Waals surface area contributed by atoms with Gasteiger partial charge in [0.15, 0.2) is 0 Å². The van der Waals surface area contributed by atoms with E-state index in [1.54, 1.807) is 18.2 Å². The molecule has 25 heavy (non-hydrogen) atoms. The number of benzene rings is 1. The van der Waals surface area contributed by atoms with Gasteiger partial charge in [-0.3, -0.25) is 9.59 Å². The van der Waals surface area contributed by atoms with Crippen LogP contribution in [0.5, 0.6) is 0 Å². The molecule has 1 aliphatic carbocycles. The van der Waals surface area contributed by atoms with E-state index in [0.717, 1.165) is 5.56 Å². The predicted octanol–water partition coefficient (Wildman–Crippen LogP) is 2.51. The van der Waals surface area contributed by atoms with Crippen LogP contribution in [0, 0.1) is 12.8 Å². The largest absolute Gasteiger partial charge is 0.481 e. The fraction of sp³-hybridized carbons (Fsp3) is 0.500. The molecule has 0 aromatic heterocycles. The molecule has 1 fully saturated rings. The lowest BCUT2D eigenvalue weighted by Crippen LogP contribution is -2.41. The molecule has 0 bridgehead atoms. The van der Waals surface area contributed by atoms with Crippen LogP contribution < -0.4 is 16.0 Å². The Morgan fingerprint density at radius 2 is 1.84 bits per heavy atom. The summed E-state index contributed by atoms with van der Waals surface area (Å²) in [5, 5.41) is 17.4. The third-order valence-electron chi connectivity index (χ3n) is 4.50. The second kappa shape index (κ2) is 8.50. The van der Waals surface area contributed by atoms with E-state index in [4.69, 9.17) is 5.11 Å². The molecule has 3 amide bonds. The van der Waals surface area contributed by atoms with E-state index >= 15 is 0 Å². The van der Waals surface area contributed by atoms with Crippen molar-refractivity contribution in [3.63, 3.8) is 0 Å². The smallest absolute Gasteiger partial charge is 0.319 e. The van der Waals surface area contributed by atoms with E-state index in [9.17, 15) is 14.4 Å². The molecular weight excluding hydrogens is 322 g/mol. The van der Waals surface area contributed by atoms with Crippen LogP contribution in [0.15, 0.2) is 18.2 Å². The van der Waals surface area contributed by atoms with Gasteiger partial charge < -0.3 is 21.1 Å². The first-order valence-corrected chi connectivity index (χ1v) is 8.60. The zero-order valence-corrected chi connectivity index (χ0v) is 14.6. The maximum atomic E-state index is 12.2. The van der Waals surface area contributed by atoms with E-state index < -0.39 is 5.97 Å². The molecule has 136 valence electrons. The molecule has 0 heterocycles. The molecule has 2 rings (SSSR count). The number of carboxylic acid groups (broad SMARTS) is 1. The monoisotopic (exact) mass is 347 g/mol. The number of hydrogen-bond donors (Lipinski definition) is 4. The number of carbonyl (C=O) groups excluding carboxylic acids is 2. The molecule has 1 aromatic carbocycles. The van der Waals surface area contributed by atoms with Crippen LogP contribution in [-0.2, 0) is 4.79 Å². The minimum Gasteiger partial charge on any atom is -0.481 e. The van der Waals surface area contributed by atoms with Gasteiger partial charge in [0.05, 0.1) is 5.92 Å². The van der Waals surface area contributed by atoms with Crippen LogP contribution in [0.25, 0.3) is 0 Å². The van der Waals surface area contributed by atoms with Crippen molar-refractivity contribution in [1.29, 1.82) is 0 Å². The lowest BCUT2D eigenvalue weighted by molar-refractivity contribution is -0.142. The van der Waals surface area contributed by atoms with Gasteiger partial charge in [-0.15, -0.1) is 0 Å². The molecule has 1 aliphatic rings. The SMILES string of the molecule is CCNC(=O)c1ccc(C)c(NC(=O)NC2CCC(C(=O)O)CC2)c1. The number of carboxylic acids is 1. The average molecular weight is 347 g/mol. The maximum absolute atomic E-state index is 12.2. The van der Waals surface area contributed by atoms with Gasteiger partial charge in [-0.2, -0.15) is 0 Å². The molecule has 1 saturated carbocycles. The normalized spacial score (nSPS) is 19.8. The third kappa shape index (κ3) is 5.20. The molecule has 0 aliphatic heterocycles. The van der Waals surface area contributed by atoms with Gasteiger partial charge in [-0.05, 0) is 57.2 Å². The van der Waals surface area contributed by atoms with Gasteiger partial charge in [0, 0.05) is 23.8 Å². The van der Waals surface area contributed by atoms with Crippen LogP contribution in [0.4, 0.5) is 10.5 Å². The Morgan fingerprint density at radius 3 is 2.44 bits per heavy atom. The van der Waals surface area contributed by atoms with E-state index in [1.807, 2.05) is 13.8 Å². The summed E-state index contributed by atoms with van der Waals surface area (Å²) < 4.78 is 0. The molecule has 4 N–H and O–H groups in total. The van der Waals surface area contributed by atoms with Crippen LogP contribution in [0.3, 0.4) is 0 Å². The summed E-state index contributed by atoms with van der Waals surface area (Å²) in [5.74, 6) is -1.25. The second-order valence-electron chi connectivity index (χ2n) is 6.37. The van der Waals surface area contributed by atoms with E-state index in [1.165, 1.54) is 0 Å². The van der Waals surface area contributed by atoms with Crippen LogP contribution in [0.1, 0.15) is 48.5 Å². The van der Waals surface area contributed by atoms with Crippen molar-refractivity contribution in [3.05, 3.63) is 29.3 Å². The lowest BCUT2D eigenvalue weighted by atomic mass is 9.86. The van der Waals surface area contributed by atoms with Gasteiger partial charge in [-0.25, -0.2) is 4.79 Å². The van der Waals surface area contributed by atoms with Crippen LogP contribution >= 0.6 is 0 Å². The zero-order valence-electron chi connectivity index (χ0n) is 14.6. The minimum absolute atomic E-state index is 0.0255. The Balaban J connectivity index is 1.93. The Hall–Kier alpha value is -2.57. The van der Waals surface area contributed by atoms with Crippen molar-refractivity contribution in [1.82, 2.24) is 10.6 Å². The van der Waals surface area contributed by atoms with Gasteiger partial charge >= 0.3 is 12.0 Å². The number of carbonyl (C=O) groups is 3.